The molecule has 104 heavy (non-hydrogen) atoms. The Balaban J connectivity index is 5.46. The summed E-state index contributed by atoms with van der Waals surface area (Å²) in [7, 11) is -10.0. The third kappa shape index (κ3) is 74.9. The van der Waals surface area contributed by atoms with Gasteiger partial charge in [-0.25, -0.2) is 9.13 Å². The molecule has 5 unspecified atom stereocenters. The second-order valence-electron chi connectivity index (χ2n) is 25.9. The average molecular weight is 1500 g/mol. The number of phosphoric acid groups is 2. The maximum atomic E-state index is 13.1. The van der Waals surface area contributed by atoms with Gasteiger partial charge in [-0.15, -0.1) is 0 Å². The fourth-order valence-electron chi connectivity index (χ4n) is 10.0. The van der Waals surface area contributed by atoms with Crippen LogP contribution in [0, 0.1) is 0 Å². The van der Waals surface area contributed by atoms with Crippen molar-refractivity contribution >= 4 is 39.5 Å². The van der Waals surface area contributed by atoms with Crippen LogP contribution in [0.15, 0.2) is 158 Å². The highest BCUT2D eigenvalue weighted by Gasteiger charge is 2.30. The van der Waals surface area contributed by atoms with Crippen LogP contribution in [-0.4, -0.2) is 96.7 Å². The van der Waals surface area contributed by atoms with E-state index in [1.54, 1.807) is 0 Å². The molecule has 0 amide bonds. The van der Waals surface area contributed by atoms with Crippen molar-refractivity contribution in [2.24, 2.45) is 0 Å². The number of hydrogen-bond acceptors (Lipinski definition) is 15. The number of rotatable bonds is 73. The van der Waals surface area contributed by atoms with E-state index in [1.807, 2.05) is 36.5 Å². The molecule has 0 heterocycles. The maximum absolute atomic E-state index is 13.1. The number of hydrogen-bond donors (Lipinski definition) is 3. The number of carbonyl (C=O) groups excluding carboxylic acids is 4. The van der Waals surface area contributed by atoms with Crippen molar-refractivity contribution in [1.82, 2.24) is 0 Å². The first-order valence-electron chi connectivity index (χ1n) is 39.7. The highest BCUT2D eigenvalue weighted by atomic mass is 31.2. The van der Waals surface area contributed by atoms with Crippen LogP contribution in [0.4, 0.5) is 0 Å². The number of aliphatic hydroxyl groups excluding tert-OH is 1. The van der Waals surface area contributed by atoms with Crippen molar-refractivity contribution < 1.29 is 80.2 Å². The number of esters is 4. The zero-order chi connectivity index (χ0) is 76.0. The second kappa shape index (κ2) is 75.9. The van der Waals surface area contributed by atoms with Crippen LogP contribution in [-0.2, 0) is 65.4 Å². The molecule has 0 rings (SSSR count). The summed E-state index contributed by atoms with van der Waals surface area (Å²) in [6, 6.07) is 0. The predicted octanol–water partition coefficient (Wildman–Crippen LogP) is 23.2. The van der Waals surface area contributed by atoms with Gasteiger partial charge in [0, 0.05) is 25.7 Å². The van der Waals surface area contributed by atoms with Crippen molar-refractivity contribution in [2.45, 2.75) is 316 Å². The summed E-state index contributed by atoms with van der Waals surface area (Å²) in [4.78, 5) is 72.9. The molecule has 0 aliphatic carbocycles. The van der Waals surface area contributed by atoms with Crippen LogP contribution in [0.25, 0.3) is 0 Å². The van der Waals surface area contributed by atoms with Gasteiger partial charge in [0.1, 0.15) is 19.3 Å². The smallest absolute Gasteiger partial charge is 0.462 e. The van der Waals surface area contributed by atoms with Crippen LogP contribution in [0.5, 0.6) is 0 Å². The normalized spacial score (nSPS) is 14.7. The molecular weight excluding hydrogens is 1350 g/mol. The Labute approximate surface area is 629 Å². The summed E-state index contributed by atoms with van der Waals surface area (Å²) in [5.74, 6) is -2.38. The van der Waals surface area contributed by atoms with Crippen LogP contribution >= 0.6 is 15.6 Å². The Morgan fingerprint density at radius 2 is 0.519 bits per heavy atom. The van der Waals surface area contributed by atoms with E-state index in [-0.39, 0.29) is 25.7 Å². The number of allylic oxidation sites excluding steroid dienone is 26. The van der Waals surface area contributed by atoms with Gasteiger partial charge in [0.05, 0.1) is 26.4 Å². The molecular formula is C85H140O17P2. The third-order valence-corrected chi connectivity index (χ3v) is 17.9. The molecule has 0 aliphatic rings. The Bertz CT molecular complexity index is 2590. The molecule has 0 saturated carbocycles. The summed E-state index contributed by atoms with van der Waals surface area (Å²) < 4.78 is 68.4. The maximum Gasteiger partial charge on any atom is 0.472 e. The second-order valence-corrected chi connectivity index (χ2v) is 28.8. The fourth-order valence-corrected chi connectivity index (χ4v) is 11.6. The van der Waals surface area contributed by atoms with E-state index in [2.05, 4.69) is 149 Å². The highest BCUT2D eigenvalue weighted by Crippen LogP contribution is 2.45. The van der Waals surface area contributed by atoms with Gasteiger partial charge in [-0.2, -0.15) is 0 Å². The lowest BCUT2D eigenvalue weighted by atomic mass is 10.0. The molecule has 0 aromatic carbocycles. The van der Waals surface area contributed by atoms with Gasteiger partial charge in [-0.3, -0.25) is 37.3 Å². The van der Waals surface area contributed by atoms with Crippen molar-refractivity contribution in [3.05, 3.63) is 158 Å². The molecule has 0 fully saturated rings. The molecule has 0 bridgehead atoms. The van der Waals surface area contributed by atoms with Gasteiger partial charge in [-0.1, -0.05) is 301 Å². The lowest BCUT2D eigenvalue weighted by Gasteiger charge is -2.21. The van der Waals surface area contributed by atoms with E-state index in [0.717, 1.165) is 128 Å². The van der Waals surface area contributed by atoms with E-state index >= 15 is 0 Å². The Morgan fingerprint density at radius 3 is 0.817 bits per heavy atom. The quantitative estimate of drug-likeness (QED) is 0.0169. The average Bonchev–Trinajstić information content (AvgIpc) is 0.913. The van der Waals surface area contributed by atoms with Crippen molar-refractivity contribution in [3.8, 4) is 0 Å². The Kier molecular flexibility index (Phi) is 72.0. The zero-order valence-electron chi connectivity index (χ0n) is 64.6. The van der Waals surface area contributed by atoms with Gasteiger partial charge in [-0.05, 0) is 128 Å². The molecule has 17 nitrogen and oxygen atoms in total. The topological polar surface area (TPSA) is 237 Å². The van der Waals surface area contributed by atoms with Crippen LogP contribution < -0.4 is 0 Å². The van der Waals surface area contributed by atoms with Gasteiger partial charge < -0.3 is 33.8 Å². The number of ether oxygens (including phenoxy) is 4. The minimum absolute atomic E-state index is 0.0294. The molecule has 5 atom stereocenters. The van der Waals surface area contributed by atoms with E-state index < -0.39 is 97.5 Å². The van der Waals surface area contributed by atoms with Gasteiger partial charge in [0.15, 0.2) is 12.2 Å². The molecule has 0 saturated heterocycles. The molecule has 3 N–H and O–H groups in total. The Hall–Kier alpha value is -5.32. The number of unbranched alkanes of at least 4 members (excludes halogenated alkanes) is 21. The Morgan fingerprint density at radius 1 is 0.279 bits per heavy atom. The molecule has 0 aromatic heterocycles. The fraction of sp³-hybridized carbons (Fsp3) is 0.647. The van der Waals surface area contributed by atoms with E-state index in [0.29, 0.717) is 38.5 Å². The molecule has 0 spiro atoms. The monoisotopic (exact) mass is 1490 g/mol. The van der Waals surface area contributed by atoms with Gasteiger partial charge in [0.25, 0.3) is 0 Å². The van der Waals surface area contributed by atoms with Crippen molar-refractivity contribution in [1.29, 1.82) is 0 Å². The molecule has 0 aromatic rings. The first-order chi connectivity index (χ1) is 50.7. The van der Waals surface area contributed by atoms with Gasteiger partial charge in [0.2, 0.25) is 0 Å². The summed E-state index contributed by atoms with van der Waals surface area (Å²) in [5.41, 5.74) is 0. The minimum atomic E-state index is -5.00. The summed E-state index contributed by atoms with van der Waals surface area (Å²) in [5, 5.41) is 10.6. The summed E-state index contributed by atoms with van der Waals surface area (Å²) >= 11 is 0. The third-order valence-electron chi connectivity index (χ3n) is 16.0. The number of phosphoric ester groups is 2. The first-order valence-corrected chi connectivity index (χ1v) is 42.7. The van der Waals surface area contributed by atoms with E-state index in [1.165, 1.54) is 77.0 Å². The molecule has 0 aliphatic heterocycles. The summed E-state index contributed by atoms with van der Waals surface area (Å²) in [6.07, 6.45) is 88.3. The molecule has 0 radical (unpaired) electrons. The van der Waals surface area contributed by atoms with E-state index in [4.69, 9.17) is 37.0 Å². The zero-order valence-corrected chi connectivity index (χ0v) is 66.4. The predicted molar refractivity (Wildman–Crippen MR) is 427 cm³/mol. The lowest BCUT2D eigenvalue weighted by molar-refractivity contribution is -0.161. The van der Waals surface area contributed by atoms with Crippen LogP contribution in [0.1, 0.15) is 297 Å². The van der Waals surface area contributed by atoms with Crippen molar-refractivity contribution in [2.75, 3.05) is 39.6 Å². The number of aliphatic hydroxyl groups is 1. The van der Waals surface area contributed by atoms with Crippen LogP contribution in [0.2, 0.25) is 0 Å². The lowest BCUT2D eigenvalue weighted by Crippen LogP contribution is -2.30. The van der Waals surface area contributed by atoms with Crippen molar-refractivity contribution in [3.63, 3.8) is 0 Å². The number of carbonyl (C=O) groups is 4. The summed E-state index contributed by atoms with van der Waals surface area (Å²) in [6.45, 7) is 4.45. The molecule has 19 heteroatoms. The van der Waals surface area contributed by atoms with Crippen LogP contribution in [0.3, 0.4) is 0 Å². The largest absolute Gasteiger partial charge is 0.472 e. The SMILES string of the molecule is CC/C=C\C/C=C\C/C=C\C/C=C\C/C=C\C/C=C\CCC(=O)OCC(COP(=O)(O)OCC(O)COP(=O)(O)OCC(COC(=O)CC/C=C\C/C=C\C/C=C\C/C=C\C/C=C\C/C=C\CC)OC(=O)CCCCCCCCCCCCCCC)OC(=O)CCCCCCC/C=C\CCCCCC. The van der Waals surface area contributed by atoms with Gasteiger partial charge >= 0.3 is 39.5 Å². The molecule has 592 valence electrons. The standard InChI is InChI=1S/C85H140O17P2/c1-5-9-13-17-21-25-29-33-35-37-39-41-43-47-49-53-57-61-65-69-82(87)95-75-80(101-84(89)71-67-63-59-55-51-45-31-27-23-19-15-11-7-3)77-99-103(91,92)97-73-79(86)74-98-104(93,94)100-78-81(102-85(90)72-68-64-60-56-52-46-32-28-24-20-16-12-8-4)76-96-83(88)70-66-62-58-54-50-48-44-42-40-38-36-34-30-26-22-18-14-10-6-2/h9-10,13-14,21-22,25-27,31,33-36,39-42,47-50,57-58,61-62,79-81,86H,5-8,11-12,15-20,23-24,28-30,32,37-38,43-46,51-56,59-60,63-78H2,1-4H3,(H,91,92)(H,93,94)/b13-9-,14-10-,25-21-,26-22-,31-27-,35-33-,36-34-,41-39-,42-40-,49-47-,50-48-,61-57-,62-58-. The van der Waals surface area contributed by atoms with E-state index in [9.17, 15) is 43.2 Å². The highest BCUT2D eigenvalue weighted by molar-refractivity contribution is 7.47. The first kappa shape index (κ1) is 98.7. The minimum Gasteiger partial charge on any atom is -0.462 e.